The Labute approximate surface area is 142 Å². The monoisotopic (exact) mass is 321 g/mol. The molecule has 4 heteroatoms. The van der Waals surface area contributed by atoms with E-state index in [1.54, 1.807) is 5.57 Å². The Hall–Kier alpha value is -1.03. The van der Waals surface area contributed by atoms with Crippen LogP contribution in [0.5, 0.6) is 0 Å². The zero-order valence-corrected chi connectivity index (χ0v) is 15.1. The number of guanidine groups is 1. The Balaban J connectivity index is 1.71. The molecule has 0 aromatic carbocycles. The van der Waals surface area contributed by atoms with Crippen LogP contribution >= 0.6 is 0 Å². The third kappa shape index (κ3) is 6.17. The molecule has 0 heterocycles. The molecule has 2 rings (SSSR count). The van der Waals surface area contributed by atoms with Gasteiger partial charge in [0, 0.05) is 33.4 Å². The van der Waals surface area contributed by atoms with Crippen molar-refractivity contribution in [1.29, 1.82) is 0 Å². The third-order valence-electron chi connectivity index (χ3n) is 5.37. The van der Waals surface area contributed by atoms with Crippen LogP contribution < -0.4 is 10.6 Å². The number of rotatable bonds is 9. The molecule has 1 fully saturated rings. The summed E-state index contributed by atoms with van der Waals surface area (Å²) in [6.07, 6.45) is 14.0. The van der Waals surface area contributed by atoms with Crippen molar-refractivity contribution < 1.29 is 4.74 Å². The van der Waals surface area contributed by atoms with E-state index in [1.165, 1.54) is 44.9 Å². The molecule has 132 valence electrons. The van der Waals surface area contributed by atoms with Crippen molar-refractivity contribution >= 4 is 5.96 Å². The number of hydrogen-bond donors (Lipinski definition) is 2. The van der Waals surface area contributed by atoms with Crippen molar-refractivity contribution in [2.45, 2.75) is 64.7 Å². The average molecular weight is 322 g/mol. The van der Waals surface area contributed by atoms with Crippen LogP contribution in [0.15, 0.2) is 16.6 Å². The summed E-state index contributed by atoms with van der Waals surface area (Å²) in [7, 11) is 1.87. The van der Waals surface area contributed by atoms with Gasteiger partial charge in [0.2, 0.25) is 0 Å². The fourth-order valence-corrected chi connectivity index (χ4v) is 3.87. The second kappa shape index (κ2) is 9.96. The molecule has 0 aromatic rings. The van der Waals surface area contributed by atoms with E-state index >= 15 is 0 Å². The highest BCUT2D eigenvalue weighted by Crippen LogP contribution is 2.40. The van der Waals surface area contributed by atoms with Crippen molar-refractivity contribution in [1.82, 2.24) is 10.6 Å². The third-order valence-corrected chi connectivity index (χ3v) is 5.37. The first-order chi connectivity index (χ1) is 11.3. The zero-order valence-electron chi connectivity index (χ0n) is 15.1. The van der Waals surface area contributed by atoms with E-state index in [0.717, 1.165) is 45.1 Å². The van der Waals surface area contributed by atoms with Gasteiger partial charge < -0.3 is 15.4 Å². The highest BCUT2D eigenvalue weighted by Gasteiger charge is 2.33. The van der Waals surface area contributed by atoms with E-state index in [2.05, 4.69) is 28.6 Å². The van der Waals surface area contributed by atoms with Gasteiger partial charge in [-0.2, -0.15) is 0 Å². The lowest BCUT2D eigenvalue weighted by Gasteiger charge is -2.30. The number of nitrogens with zero attached hydrogens (tertiary/aromatic N) is 1. The Bertz CT molecular complexity index is 397. The minimum absolute atomic E-state index is 0.404. The van der Waals surface area contributed by atoms with Gasteiger partial charge in [-0.15, -0.1) is 0 Å². The van der Waals surface area contributed by atoms with Gasteiger partial charge in [-0.05, 0) is 57.3 Å². The molecular weight excluding hydrogens is 286 g/mol. The summed E-state index contributed by atoms with van der Waals surface area (Å²) in [5.74, 6) is 0.950. The van der Waals surface area contributed by atoms with Crippen molar-refractivity contribution in [2.75, 3.05) is 33.4 Å². The van der Waals surface area contributed by atoms with E-state index < -0.39 is 0 Å². The molecule has 2 aliphatic carbocycles. The summed E-state index contributed by atoms with van der Waals surface area (Å²) in [5, 5.41) is 7.04. The lowest BCUT2D eigenvalue weighted by molar-refractivity contribution is 0.105. The van der Waals surface area contributed by atoms with Gasteiger partial charge in [0.15, 0.2) is 5.96 Å². The summed E-state index contributed by atoms with van der Waals surface area (Å²) in [4.78, 5) is 4.38. The molecule has 2 aliphatic rings. The highest BCUT2D eigenvalue weighted by molar-refractivity contribution is 5.79. The van der Waals surface area contributed by atoms with E-state index in [4.69, 9.17) is 4.74 Å². The first-order valence-electron chi connectivity index (χ1n) is 9.48. The topological polar surface area (TPSA) is 45.6 Å². The van der Waals surface area contributed by atoms with Crippen LogP contribution in [0.3, 0.4) is 0 Å². The summed E-state index contributed by atoms with van der Waals surface area (Å²) in [5.41, 5.74) is 2.01. The van der Waals surface area contributed by atoms with Gasteiger partial charge >= 0.3 is 0 Å². The number of aliphatic imine (C=N–C) groups is 1. The van der Waals surface area contributed by atoms with Gasteiger partial charge in [0.1, 0.15) is 0 Å². The van der Waals surface area contributed by atoms with Crippen molar-refractivity contribution in [3.05, 3.63) is 11.6 Å². The fourth-order valence-electron chi connectivity index (χ4n) is 3.87. The quantitative estimate of drug-likeness (QED) is 0.295. The molecule has 0 saturated heterocycles. The highest BCUT2D eigenvalue weighted by atomic mass is 16.5. The van der Waals surface area contributed by atoms with Crippen LogP contribution in [-0.2, 0) is 4.74 Å². The maximum absolute atomic E-state index is 5.60. The SMILES string of the molecule is CCOCCC1(CNC(=NC)NCCC2=CCCC2)CCCC1. The van der Waals surface area contributed by atoms with E-state index in [-0.39, 0.29) is 0 Å². The first kappa shape index (κ1) is 18.3. The maximum atomic E-state index is 5.60. The van der Waals surface area contributed by atoms with Crippen LogP contribution in [-0.4, -0.2) is 39.3 Å². The molecule has 0 radical (unpaired) electrons. The molecule has 0 unspecified atom stereocenters. The predicted octanol–water partition coefficient (Wildman–Crippen LogP) is 3.64. The molecule has 0 spiro atoms. The molecule has 0 atom stereocenters. The van der Waals surface area contributed by atoms with Crippen molar-refractivity contribution in [3.8, 4) is 0 Å². The van der Waals surface area contributed by atoms with Crippen LogP contribution in [0, 0.1) is 5.41 Å². The minimum Gasteiger partial charge on any atom is -0.382 e. The van der Waals surface area contributed by atoms with Crippen molar-refractivity contribution in [3.63, 3.8) is 0 Å². The standard InChI is InChI=1S/C19H35N3O/c1-3-23-15-13-19(11-6-7-12-19)16-22-18(20-2)21-14-10-17-8-4-5-9-17/h8H,3-7,9-16H2,1-2H3,(H2,20,21,22). The van der Waals surface area contributed by atoms with Gasteiger partial charge in [0.05, 0.1) is 0 Å². The van der Waals surface area contributed by atoms with Crippen LogP contribution in [0.1, 0.15) is 64.7 Å². The molecule has 1 saturated carbocycles. The molecular formula is C19H35N3O. The van der Waals surface area contributed by atoms with Crippen LogP contribution in [0.25, 0.3) is 0 Å². The molecule has 4 nitrogen and oxygen atoms in total. The number of hydrogen-bond acceptors (Lipinski definition) is 2. The van der Waals surface area contributed by atoms with E-state index in [1.807, 2.05) is 7.05 Å². The summed E-state index contributed by atoms with van der Waals surface area (Å²) >= 11 is 0. The Morgan fingerprint density at radius 3 is 2.74 bits per heavy atom. The summed E-state index contributed by atoms with van der Waals surface area (Å²) in [6, 6.07) is 0. The van der Waals surface area contributed by atoms with Gasteiger partial charge in [0.25, 0.3) is 0 Å². The second-order valence-electron chi connectivity index (χ2n) is 7.01. The lowest BCUT2D eigenvalue weighted by atomic mass is 9.83. The number of allylic oxidation sites excluding steroid dienone is 1. The Kier molecular flexibility index (Phi) is 7.93. The first-order valence-corrected chi connectivity index (χ1v) is 9.48. The van der Waals surface area contributed by atoms with Crippen LogP contribution in [0.4, 0.5) is 0 Å². The smallest absolute Gasteiger partial charge is 0.191 e. The fraction of sp³-hybridized carbons (Fsp3) is 0.842. The normalized spacial score (nSPS) is 20.6. The minimum atomic E-state index is 0.404. The molecule has 0 amide bonds. The van der Waals surface area contributed by atoms with Gasteiger partial charge in [-0.3, -0.25) is 4.99 Å². The molecule has 0 aromatic heterocycles. The van der Waals surface area contributed by atoms with E-state index in [0.29, 0.717) is 5.41 Å². The Morgan fingerprint density at radius 1 is 1.26 bits per heavy atom. The summed E-state index contributed by atoms with van der Waals surface area (Å²) in [6.45, 7) is 5.78. The van der Waals surface area contributed by atoms with Gasteiger partial charge in [-0.25, -0.2) is 0 Å². The number of nitrogens with one attached hydrogen (secondary N) is 2. The predicted molar refractivity (Wildman–Crippen MR) is 97.9 cm³/mol. The maximum Gasteiger partial charge on any atom is 0.191 e. The lowest BCUT2D eigenvalue weighted by Crippen LogP contribution is -2.43. The molecule has 0 bridgehead atoms. The molecule has 23 heavy (non-hydrogen) atoms. The molecule has 0 aliphatic heterocycles. The second-order valence-corrected chi connectivity index (χ2v) is 7.01. The Morgan fingerprint density at radius 2 is 2.09 bits per heavy atom. The van der Waals surface area contributed by atoms with E-state index in [9.17, 15) is 0 Å². The van der Waals surface area contributed by atoms with Crippen LogP contribution in [0.2, 0.25) is 0 Å². The average Bonchev–Trinajstić information content (AvgIpc) is 3.23. The largest absolute Gasteiger partial charge is 0.382 e. The number of ether oxygens (including phenoxy) is 1. The molecule has 2 N–H and O–H groups in total. The summed E-state index contributed by atoms with van der Waals surface area (Å²) < 4.78 is 5.60. The van der Waals surface area contributed by atoms with Gasteiger partial charge in [-0.1, -0.05) is 24.5 Å². The zero-order chi connectivity index (χ0) is 16.4. The van der Waals surface area contributed by atoms with Crippen molar-refractivity contribution in [2.24, 2.45) is 10.4 Å².